The summed E-state index contributed by atoms with van der Waals surface area (Å²) in [6, 6.07) is 0. The number of ether oxygens (including phenoxy) is 1. The maximum absolute atomic E-state index is 11.1. The van der Waals surface area contributed by atoms with Crippen molar-refractivity contribution in [3.05, 3.63) is 0 Å². The van der Waals surface area contributed by atoms with Crippen molar-refractivity contribution in [2.24, 2.45) is 0 Å². The number of rotatable bonds is 4. The molecule has 5 heteroatoms. The van der Waals surface area contributed by atoms with Gasteiger partial charge in [-0.2, -0.15) is 0 Å². The zero-order valence-electron chi connectivity index (χ0n) is 8.90. The molecule has 4 nitrogen and oxygen atoms in total. The molecule has 0 aromatic rings. The van der Waals surface area contributed by atoms with Crippen molar-refractivity contribution >= 4 is 10.0 Å². The standard InChI is InChI=1S/C9H19NO3S/c1-10(14(2,11)12)7-6-9-5-3-4-8-13-9/h9H,3-8H2,1-2H3. The second kappa shape index (κ2) is 5.09. The Kier molecular flexibility index (Phi) is 4.34. The molecule has 0 radical (unpaired) electrons. The van der Waals surface area contributed by atoms with Crippen molar-refractivity contribution in [2.45, 2.75) is 31.8 Å². The van der Waals surface area contributed by atoms with Gasteiger partial charge in [-0.05, 0) is 25.7 Å². The van der Waals surface area contributed by atoms with Gasteiger partial charge >= 0.3 is 0 Å². The molecule has 0 bridgehead atoms. The third-order valence-electron chi connectivity index (χ3n) is 2.61. The fraction of sp³-hybridized carbons (Fsp3) is 1.00. The SMILES string of the molecule is CN(CCC1CCCCO1)S(C)(=O)=O. The number of hydrogen-bond donors (Lipinski definition) is 0. The first-order chi connectivity index (χ1) is 6.50. The van der Waals surface area contributed by atoms with Gasteiger partial charge in [-0.25, -0.2) is 12.7 Å². The van der Waals surface area contributed by atoms with Gasteiger partial charge in [-0.1, -0.05) is 0 Å². The van der Waals surface area contributed by atoms with E-state index in [1.165, 1.54) is 17.0 Å². The lowest BCUT2D eigenvalue weighted by atomic mass is 10.1. The lowest BCUT2D eigenvalue weighted by Crippen LogP contribution is -2.30. The molecule has 0 aliphatic carbocycles. The maximum Gasteiger partial charge on any atom is 0.210 e. The Balaban J connectivity index is 2.25. The fourth-order valence-corrected chi connectivity index (χ4v) is 1.96. The van der Waals surface area contributed by atoms with E-state index in [0.717, 1.165) is 25.9 Å². The molecule has 1 atom stereocenters. The van der Waals surface area contributed by atoms with E-state index in [4.69, 9.17) is 4.74 Å². The molecule has 0 aromatic carbocycles. The van der Waals surface area contributed by atoms with Crippen LogP contribution in [0.5, 0.6) is 0 Å². The Morgan fingerprint density at radius 2 is 2.14 bits per heavy atom. The van der Waals surface area contributed by atoms with Crippen LogP contribution >= 0.6 is 0 Å². The Hall–Kier alpha value is -0.130. The molecule has 1 fully saturated rings. The molecule has 1 saturated heterocycles. The highest BCUT2D eigenvalue weighted by atomic mass is 32.2. The van der Waals surface area contributed by atoms with Gasteiger partial charge in [0.1, 0.15) is 0 Å². The highest BCUT2D eigenvalue weighted by Gasteiger charge is 2.17. The normalized spacial score (nSPS) is 24.1. The summed E-state index contributed by atoms with van der Waals surface area (Å²) in [7, 11) is -1.42. The average Bonchev–Trinajstić information content (AvgIpc) is 2.14. The van der Waals surface area contributed by atoms with Crippen LogP contribution in [0.4, 0.5) is 0 Å². The third-order valence-corrected chi connectivity index (χ3v) is 3.92. The number of nitrogens with zero attached hydrogens (tertiary/aromatic N) is 1. The van der Waals surface area contributed by atoms with Crippen molar-refractivity contribution in [1.82, 2.24) is 4.31 Å². The molecule has 84 valence electrons. The summed E-state index contributed by atoms with van der Waals surface area (Å²) in [6.07, 6.45) is 5.70. The van der Waals surface area contributed by atoms with E-state index < -0.39 is 10.0 Å². The molecule has 1 aliphatic rings. The highest BCUT2D eigenvalue weighted by molar-refractivity contribution is 7.88. The van der Waals surface area contributed by atoms with Gasteiger partial charge in [0.05, 0.1) is 12.4 Å². The van der Waals surface area contributed by atoms with Crippen molar-refractivity contribution in [3.63, 3.8) is 0 Å². The van der Waals surface area contributed by atoms with Crippen LogP contribution in [-0.4, -0.2) is 45.3 Å². The molecular weight excluding hydrogens is 202 g/mol. The lowest BCUT2D eigenvalue weighted by molar-refractivity contribution is 0.00952. The largest absolute Gasteiger partial charge is 0.378 e. The third kappa shape index (κ3) is 3.94. The zero-order valence-corrected chi connectivity index (χ0v) is 9.72. The summed E-state index contributed by atoms with van der Waals surface area (Å²) in [5, 5.41) is 0. The summed E-state index contributed by atoms with van der Waals surface area (Å²) in [4.78, 5) is 0. The van der Waals surface area contributed by atoms with Crippen LogP contribution in [0.25, 0.3) is 0 Å². The molecule has 1 heterocycles. The molecule has 1 aliphatic heterocycles. The number of hydrogen-bond acceptors (Lipinski definition) is 3. The first-order valence-electron chi connectivity index (χ1n) is 5.03. The van der Waals surface area contributed by atoms with E-state index in [9.17, 15) is 8.42 Å². The van der Waals surface area contributed by atoms with E-state index in [2.05, 4.69) is 0 Å². The van der Waals surface area contributed by atoms with Crippen LogP contribution in [0.3, 0.4) is 0 Å². The molecule has 0 amide bonds. The van der Waals surface area contributed by atoms with Crippen LogP contribution < -0.4 is 0 Å². The fourth-order valence-electron chi connectivity index (χ4n) is 1.53. The summed E-state index contributed by atoms with van der Waals surface area (Å²) in [5.74, 6) is 0. The van der Waals surface area contributed by atoms with E-state index >= 15 is 0 Å². The maximum atomic E-state index is 11.1. The predicted molar refractivity (Wildman–Crippen MR) is 55.7 cm³/mol. The van der Waals surface area contributed by atoms with E-state index in [1.54, 1.807) is 7.05 Å². The van der Waals surface area contributed by atoms with Crippen molar-refractivity contribution < 1.29 is 13.2 Å². The minimum absolute atomic E-state index is 0.257. The first-order valence-corrected chi connectivity index (χ1v) is 6.88. The smallest absolute Gasteiger partial charge is 0.210 e. The van der Waals surface area contributed by atoms with Gasteiger partial charge in [-0.3, -0.25) is 0 Å². The molecule has 1 unspecified atom stereocenters. The Morgan fingerprint density at radius 1 is 1.43 bits per heavy atom. The second-order valence-electron chi connectivity index (χ2n) is 3.86. The zero-order chi connectivity index (χ0) is 10.6. The topological polar surface area (TPSA) is 46.6 Å². The van der Waals surface area contributed by atoms with Crippen LogP contribution in [0.15, 0.2) is 0 Å². The molecule has 0 aromatic heterocycles. The molecule has 0 N–H and O–H groups in total. The van der Waals surface area contributed by atoms with Crippen LogP contribution in [0, 0.1) is 0 Å². The lowest BCUT2D eigenvalue weighted by Gasteiger charge is -2.24. The molecular formula is C9H19NO3S. The summed E-state index contributed by atoms with van der Waals surface area (Å²) < 4.78 is 29.1. The Morgan fingerprint density at radius 3 is 2.64 bits per heavy atom. The van der Waals surface area contributed by atoms with Gasteiger partial charge in [-0.15, -0.1) is 0 Å². The van der Waals surface area contributed by atoms with E-state index in [1.807, 2.05) is 0 Å². The van der Waals surface area contributed by atoms with Gasteiger partial charge < -0.3 is 4.74 Å². The monoisotopic (exact) mass is 221 g/mol. The van der Waals surface area contributed by atoms with Crippen molar-refractivity contribution in [2.75, 3.05) is 26.5 Å². The van der Waals surface area contributed by atoms with Crippen LogP contribution in [-0.2, 0) is 14.8 Å². The minimum atomic E-state index is -3.03. The van der Waals surface area contributed by atoms with Gasteiger partial charge in [0.15, 0.2) is 0 Å². The first kappa shape index (κ1) is 11.9. The number of sulfonamides is 1. The quantitative estimate of drug-likeness (QED) is 0.706. The Labute approximate surface area is 86.3 Å². The summed E-state index contributed by atoms with van der Waals surface area (Å²) in [6.45, 7) is 1.39. The second-order valence-corrected chi connectivity index (χ2v) is 5.95. The van der Waals surface area contributed by atoms with Gasteiger partial charge in [0.25, 0.3) is 0 Å². The average molecular weight is 221 g/mol. The molecule has 14 heavy (non-hydrogen) atoms. The van der Waals surface area contributed by atoms with E-state index in [0.29, 0.717) is 6.54 Å². The predicted octanol–water partition coefficient (Wildman–Crippen LogP) is 0.837. The van der Waals surface area contributed by atoms with Crippen LogP contribution in [0.2, 0.25) is 0 Å². The van der Waals surface area contributed by atoms with Gasteiger partial charge in [0, 0.05) is 20.2 Å². The van der Waals surface area contributed by atoms with E-state index in [-0.39, 0.29) is 6.10 Å². The molecule has 1 rings (SSSR count). The Bertz CT molecular complexity index is 257. The highest BCUT2D eigenvalue weighted by Crippen LogP contribution is 2.15. The van der Waals surface area contributed by atoms with Gasteiger partial charge in [0.2, 0.25) is 10.0 Å². The molecule has 0 spiro atoms. The minimum Gasteiger partial charge on any atom is -0.378 e. The van der Waals surface area contributed by atoms with Crippen LogP contribution in [0.1, 0.15) is 25.7 Å². The summed E-state index contributed by atoms with van der Waals surface area (Å²) >= 11 is 0. The molecule has 0 saturated carbocycles. The summed E-state index contributed by atoms with van der Waals surface area (Å²) in [5.41, 5.74) is 0. The van der Waals surface area contributed by atoms with Crippen molar-refractivity contribution in [1.29, 1.82) is 0 Å². The van der Waals surface area contributed by atoms with Crippen molar-refractivity contribution in [3.8, 4) is 0 Å².